The first kappa shape index (κ1) is 10.7. The third-order valence-electron chi connectivity index (χ3n) is 3.07. The highest BCUT2D eigenvalue weighted by atomic mass is 14.9. The van der Waals surface area contributed by atoms with E-state index in [2.05, 4.69) is 48.0 Å². The summed E-state index contributed by atoms with van der Waals surface area (Å²) >= 11 is 0. The van der Waals surface area contributed by atoms with Crippen LogP contribution in [0.25, 0.3) is 28.7 Å². The van der Waals surface area contributed by atoms with Gasteiger partial charge in [-0.3, -0.25) is 0 Å². The van der Waals surface area contributed by atoms with E-state index >= 15 is 0 Å². The minimum Gasteiger partial charge on any atom is -0.361 e. The molecule has 0 spiro atoms. The fourth-order valence-electron chi connectivity index (χ4n) is 2.13. The number of benzene rings is 1. The van der Waals surface area contributed by atoms with Crippen LogP contribution in [0.4, 0.5) is 0 Å². The third-order valence-corrected chi connectivity index (χ3v) is 3.07. The van der Waals surface area contributed by atoms with Crippen LogP contribution in [-0.4, -0.2) is 9.55 Å². The number of nitrogens with one attached hydrogen (secondary N) is 1. The van der Waals surface area contributed by atoms with E-state index in [1.54, 1.807) is 0 Å². The van der Waals surface area contributed by atoms with E-state index in [9.17, 15) is 0 Å². The van der Waals surface area contributed by atoms with Crippen LogP contribution in [0.15, 0.2) is 67.5 Å². The van der Waals surface area contributed by atoms with Crippen LogP contribution < -0.4 is 0 Å². The molecule has 0 bridgehead atoms. The third kappa shape index (κ3) is 1.78. The topological polar surface area (TPSA) is 20.7 Å². The standard InChI is InChI=1S/C16H14N2/c1-2-18-12-4-6-16(18)14-9-7-13(8-10-14)15-5-3-11-17-15/h2-12,17H,1H2. The predicted molar refractivity (Wildman–Crippen MR) is 76.0 cm³/mol. The Balaban J connectivity index is 1.99. The second-order valence-corrected chi connectivity index (χ2v) is 4.14. The van der Waals surface area contributed by atoms with Crippen molar-refractivity contribution in [3.8, 4) is 22.5 Å². The molecule has 1 N–H and O–H groups in total. The van der Waals surface area contributed by atoms with Crippen molar-refractivity contribution in [1.29, 1.82) is 0 Å². The van der Waals surface area contributed by atoms with E-state index in [1.807, 2.05) is 35.3 Å². The first-order valence-electron chi connectivity index (χ1n) is 5.92. The minimum absolute atomic E-state index is 1.14. The number of aromatic amines is 1. The Morgan fingerprint density at radius 3 is 2.39 bits per heavy atom. The lowest BCUT2D eigenvalue weighted by molar-refractivity contribution is 1.18. The van der Waals surface area contributed by atoms with Gasteiger partial charge in [0.05, 0.1) is 5.69 Å². The second kappa shape index (κ2) is 4.41. The van der Waals surface area contributed by atoms with Gasteiger partial charge < -0.3 is 9.55 Å². The lowest BCUT2D eigenvalue weighted by Crippen LogP contribution is -1.87. The summed E-state index contributed by atoms with van der Waals surface area (Å²) in [6, 6.07) is 16.7. The highest BCUT2D eigenvalue weighted by Gasteiger charge is 2.03. The first-order valence-corrected chi connectivity index (χ1v) is 5.92. The van der Waals surface area contributed by atoms with Gasteiger partial charge in [0.15, 0.2) is 0 Å². The largest absolute Gasteiger partial charge is 0.361 e. The van der Waals surface area contributed by atoms with Crippen LogP contribution in [0.2, 0.25) is 0 Å². The van der Waals surface area contributed by atoms with Crippen LogP contribution in [0, 0.1) is 0 Å². The molecule has 0 saturated carbocycles. The molecular weight excluding hydrogens is 220 g/mol. The van der Waals surface area contributed by atoms with Gasteiger partial charge in [0.25, 0.3) is 0 Å². The van der Waals surface area contributed by atoms with Gasteiger partial charge in [-0.25, -0.2) is 0 Å². The summed E-state index contributed by atoms with van der Waals surface area (Å²) in [5.41, 5.74) is 4.68. The van der Waals surface area contributed by atoms with Crippen molar-refractivity contribution < 1.29 is 0 Å². The summed E-state index contributed by atoms with van der Waals surface area (Å²) in [5, 5.41) is 0. The molecule has 2 heterocycles. The summed E-state index contributed by atoms with van der Waals surface area (Å²) in [6.45, 7) is 3.81. The zero-order valence-corrected chi connectivity index (χ0v) is 10.0. The van der Waals surface area contributed by atoms with Gasteiger partial charge >= 0.3 is 0 Å². The van der Waals surface area contributed by atoms with E-state index in [-0.39, 0.29) is 0 Å². The predicted octanol–water partition coefficient (Wildman–Crippen LogP) is 4.25. The number of aromatic nitrogens is 2. The molecule has 2 aromatic heterocycles. The van der Waals surface area contributed by atoms with Crippen LogP contribution in [-0.2, 0) is 0 Å². The molecule has 0 aliphatic carbocycles. The molecule has 2 nitrogen and oxygen atoms in total. The van der Waals surface area contributed by atoms with Crippen molar-refractivity contribution in [3.63, 3.8) is 0 Å². The maximum atomic E-state index is 3.81. The number of H-pyrrole nitrogens is 1. The van der Waals surface area contributed by atoms with Gasteiger partial charge in [-0.15, -0.1) is 0 Å². The highest BCUT2D eigenvalue weighted by molar-refractivity contribution is 5.68. The summed E-state index contributed by atoms with van der Waals surface area (Å²) in [4.78, 5) is 3.21. The van der Waals surface area contributed by atoms with Crippen LogP contribution in [0.5, 0.6) is 0 Å². The normalized spacial score (nSPS) is 10.4. The van der Waals surface area contributed by atoms with Crippen molar-refractivity contribution in [2.24, 2.45) is 0 Å². The Kier molecular flexibility index (Phi) is 2.61. The van der Waals surface area contributed by atoms with Crippen LogP contribution >= 0.6 is 0 Å². The average molecular weight is 234 g/mol. The van der Waals surface area contributed by atoms with E-state index in [1.165, 1.54) is 11.1 Å². The Bertz CT molecular complexity index is 643. The lowest BCUT2D eigenvalue weighted by atomic mass is 10.1. The highest BCUT2D eigenvalue weighted by Crippen LogP contribution is 2.24. The number of rotatable bonds is 3. The lowest BCUT2D eigenvalue weighted by Gasteiger charge is -2.05. The summed E-state index contributed by atoms with van der Waals surface area (Å²) in [6.07, 6.45) is 5.75. The van der Waals surface area contributed by atoms with Crippen LogP contribution in [0.3, 0.4) is 0 Å². The molecule has 0 fully saturated rings. The van der Waals surface area contributed by atoms with E-state index in [4.69, 9.17) is 0 Å². The van der Waals surface area contributed by atoms with Crippen molar-refractivity contribution in [2.75, 3.05) is 0 Å². The molecule has 18 heavy (non-hydrogen) atoms. The van der Waals surface area contributed by atoms with Crippen molar-refractivity contribution in [3.05, 3.63) is 67.5 Å². The second-order valence-electron chi connectivity index (χ2n) is 4.14. The molecule has 0 amide bonds. The molecule has 3 aromatic rings. The van der Waals surface area contributed by atoms with Gasteiger partial charge in [0.2, 0.25) is 0 Å². The molecule has 0 radical (unpaired) electrons. The van der Waals surface area contributed by atoms with Gasteiger partial charge in [0.1, 0.15) is 0 Å². The van der Waals surface area contributed by atoms with Crippen molar-refractivity contribution >= 4 is 6.20 Å². The molecule has 1 aromatic carbocycles. The van der Waals surface area contributed by atoms with E-state index in [0.29, 0.717) is 0 Å². The molecule has 0 aliphatic rings. The number of hydrogen-bond acceptors (Lipinski definition) is 0. The van der Waals surface area contributed by atoms with Crippen molar-refractivity contribution in [1.82, 2.24) is 9.55 Å². The molecule has 88 valence electrons. The van der Waals surface area contributed by atoms with Gasteiger partial charge in [0, 0.05) is 24.3 Å². The minimum atomic E-state index is 1.14. The fraction of sp³-hybridized carbons (Fsp3) is 0. The van der Waals surface area contributed by atoms with Crippen LogP contribution in [0.1, 0.15) is 0 Å². The van der Waals surface area contributed by atoms with Gasteiger partial charge in [-0.1, -0.05) is 30.8 Å². The van der Waals surface area contributed by atoms with Gasteiger partial charge in [-0.05, 0) is 35.4 Å². The van der Waals surface area contributed by atoms with Crippen molar-refractivity contribution in [2.45, 2.75) is 0 Å². The molecule has 0 aliphatic heterocycles. The maximum Gasteiger partial charge on any atom is 0.0522 e. The first-order chi connectivity index (χ1) is 8.88. The summed E-state index contributed by atoms with van der Waals surface area (Å²) in [7, 11) is 0. The van der Waals surface area contributed by atoms with Gasteiger partial charge in [-0.2, -0.15) is 0 Å². The molecule has 0 unspecified atom stereocenters. The smallest absolute Gasteiger partial charge is 0.0522 e. The zero-order valence-electron chi connectivity index (χ0n) is 10.0. The Morgan fingerprint density at radius 1 is 0.944 bits per heavy atom. The Labute approximate surface area is 106 Å². The molecule has 3 rings (SSSR count). The maximum absolute atomic E-state index is 3.81. The average Bonchev–Trinajstić information content (AvgIpc) is 3.10. The summed E-state index contributed by atoms with van der Waals surface area (Å²) in [5.74, 6) is 0. The molecule has 0 atom stereocenters. The number of hydrogen-bond donors (Lipinski definition) is 1. The van der Waals surface area contributed by atoms with E-state index < -0.39 is 0 Å². The molecular formula is C16H14N2. The fourth-order valence-corrected chi connectivity index (χ4v) is 2.13. The molecule has 2 heteroatoms. The summed E-state index contributed by atoms with van der Waals surface area (Å²) < 4.78 is 2.02. The SMILES string of the molecule is C=Cn1cccc1-c1ccc(-c2ccc[nH]2)cc1. The Morgan fingerprint density at radius 2 is 1.72 bits per heavy atom. The monoisotopic (exact) mass is 234 g/mol. The number of nitrogens with zero attached hydrogens (tertiary/aromatic N) is 1. The quantitative estimate of drug-likeness (QED) is 0.699. The van der Waals surface area contributed by atoms with E-state index in [0.717, 1.165) is 11.4 Å². The Hall–Kier alpha value is -2.48. The molecule has 0 saturated heterocycles. The zero-order chi connectivity index (χ0) is 12.4.